The first kappa shape index (κ1) is 18.8. The van der Waals surface area contributed by atoms with Crippen LogP contribution in [0, 0.1) is 6.92 Å². The fourth-order valence-corrected chi connectivity index (χ4v) is 6.50. The second-order valence-corrected chi connectivity index (χ2v) is 9.63. The minimum atomic E-state index is -3.46. The molecule has 0 bridgehead atoms. The van der Waals surface area contributed by atoms with Crippen molar-refractivity contribution in [2.75, 3.05) is 13.1 Å². The molecule has 0 radical (unpaired) electrons. The smallest absolute Gasteiger partial charge is 0.252 e. The zero-order valence-electron chi connectivity index (χ0n) is 12.8. The van der Waals surface area contributed by atoms with Gasteiger partial charge in [-0.15, -0.1) is 35.1 Å². The Bertz CT molecular complexity index is 757. The molecular formula is C14H20ClN3O2S3. The van der Waals surface area contributed by atoms with Gasteiger partial charge in [0.05, 0.1) is 15.6 Å². The van der Waals surface area contributed by atoms with Crippen LogP contribution in [-0.2, 0) is 10.0 Å². The SMILES string of the molecule is Cc1nc(-c2ccc(S(=O)(=O)N3CCCCC3CN)s2)cs1.Cl. The van der Waals surface area contributed by atoms with E-state index in [9.17, 15) is 8.42 Å². The molecule has 0 aromatic carbocycles. The van der Waals surface area contributed by atoms with Crippen molar-refractivity contribution in [1.82, 2.24) is 9.29 Å². The highest BCUT2D eigenvalue weighted by Crippen LogP contribution is 2.34. The van der Waals surface area contributed by atoms with E-state index >= 15 is 0 Å². The van der Waals surface area contributed by atoms with Crippen LogP contribution in [0.3, 0.4) is 0 Å². The Labute approximate surface area is 151 Å². The third kappa shape index (κ3) is 3.78. The molecule has 1 aliphatic heterocycles. The molecule has 1 aliphatic rings. The minimum absolute atomic E-state index is 0. The largest absolute Gasteiger partial charge is 0.329 e. The van der Waals surface area contributed by atoms with Crippen molar-refractivity contribution in [3.8, 4) is 10.6 Å². The summed E-state index contributed by atoms with van der Waals surface area (Å²) in [6.45, 7) is 2.88. The Balaban J connectivity index is 0.00000192. The van der Waals surface area contributed by atoms with Crippen LogP contribution in [0.5, 0.6) is 0 Å². The summed E-state index contributed by atoms with van der Waals surface area (Å²) in [7, 11) is -3.46. The van der Waals surface area contributed by atoms with Gasteiger partial charge < -0.3 is 5.73 Å². The quantitative estimate of drug-likeness (QED) is 0.865. The fourth-order valence-electron chi connectivity index (χ4n) is 2.71. The van der Waals surface area contributed by atoms with Gasteiger partial charge in [0.2, 0.25) is 0 Å². The number of hydrogen-bond acceptors (Lipinski definition) is 6. The van der Waals surface area contributed by atoms with Crippen LogP contribution < -0.4 is 5.73 Å². The summed E-state index contributed by atoms with van der Waals surface area (Å²) >= 11 is 2.85. The number of hydrogen-bond donors (Lipinski definition) is 1. The first-order chi connectivity index (χ1) is 10.5. The molecule has 0 saturated carbocycles. The number of halogens is 1. The van der Waals surface area contributed by atoms with E-state index in [-0.39, 0.29) is 18.4 Å². The third-order valence-corrected chi connectivity index (χ3v) is 8.16. The van der Waals surface area contributed by atoms with Crippen LogP contribution in [0.1, 0.15) is 24.3 Å². The molecule has 9 heteroatoms. The Hall–Kier alpha value is -0.510. The lowest BCUT2D eigenvalue weighted by atomic mass is 10.1. The molecule has 2 aromatic heterocycles. The van der Waals surface area contributed by atoms with E-state index in [1.54, 1.807) is 21.7 Å². The van der Waals surface area contributed by atoms with Crippen LogP contribution in [0.2, 0.25) is 0 Å². The lowest BCUT2D eigenvalue weighted by Gasteiger charge is -2.33. The average molecular weight is 394 g/mol. The van der Waals surface area contributed by atoms with E-state index in [0.717, 1.165) is 34.8 Å². The molecule has 128 valence electrons. The summed E-state index contributed by atoms with van der Waals surface area (Å²) < 4.78 is 27.7. The second kappa shape index (κ2) is 7.58. The van der Waals surface area contributed by atoms with Gasteiger partial charge >= 0.3 is 0 Å². The number of rotatable bonds is 4. The van der Waals surface area contributed by atoms with Crippen molar-refractivity contribution in [3.05, 3.63) is 22.5 Å². The van der Waals surface area contributed by atoms with Crippen LogP contribution in [0.25, 0.3) is 10.6 Å². The first-order valence-corrected chi connectivity index (χ1v) is 10.4. The van der Waals surface area contributed by atoms with E-state index in [1.165, 1.54) is 11.3 Å². The van der Waals surface area contributed by atoms with Gasteiger partial charge in [-0.05, 0) is 31.9 Å². The summed E-state index contributed by atoms with van der Waals surface area (Å²) in [5.41, 5.74) is 6.61. The van der Waals surface area contributed by atoms with Gasteiger partial charge in [0.15, 0.2) is 0 Å². The normalized spacial score (nSPS) is 19.5. The summed E-state index contributed by atoms with van der Waals surface area (Å²) in [4.78, 5) is 5.31. The van der Waals surface area contributed by atoms with Gasteiger partial charge in [0.1, 0.15) is 4.21 Å². The molecule has 1 fully saturated rings. The molecule has 0 spiro atoms. The van der Waals surface area contributed by atoms with Crippen LogP contribution in [-0.4, -0.2) is 36.8 Å². The number of nitrogens with zero attached hydrogens (tertiary/aromatic N) is 2. The summed E-state index contributed by atoms with van der Waals surface area (Å²) in [6, 6.07) is 3.45. The average Bonchev–Trinajstić information content (AvgIpc) is 3.16. The van der Waals surface area contributed by atoms with Crippen molar-refractivity contribution in [2.45, 2.75) is 36.4 Å². The summed E-state index contributed by atoms with van der Waals surface area (Å²) in [5.74, 6) is 0. The molecule has 1 atom stereocenters. The van der Waals surface area contributed by atoms with Crippen molar-refractivity contribution in [3.63, 3.8) is 0 Å². The monoisotopic (exact) mass is 393 g/mol. The molecule has 1 saturated heterocycles. The van der Waals surface area contributed by atoms with Crippen molar-refractivity contribution in [1.29, 1.82) is 0 Å². The number of thiazole rings is 1. The fraction of sp³-hybridized carbons (Fsp3) is 0.500. The number of aryl methyl sites for hydroxylation is 1. The highest BCUT2D eigenvalue weighted by Gasteiger charge is 2.33. The number of piperidine rings is 1. The molecule has 2 aromatic rings. The van der Waals surface area contributed by atoms with E-state index in [2.05, 4.69) is 4.98 Å². The zero-order valence-corrected chi connectivity index (χ0v) is 16.0. The number of thiophene rings is 1. The molecular weight excluding hydrogens is 374 g/mol. The molecule has 0 amide bonds. The van der Waals surface area contributed by atoms with Gasteiger partial charge in [-0.1, -0.05) is 6.42 Å². The van der Waals surface area contributed by atoms with Gasteiger partial charge in [-0.3, -0.25) is 0 Å². The van der Waals surface area contributed by atoms with E-state index < -0.39 is 10.0 Å². The minimum Gasteiger partial charge on any atom is -0.329 e. The van der Waals surface area contributed by atoms with E-state index in [1.807, 2.05) is 18.4 Å². The van der Waals surface area contributed by atoms with Crippen molar-refractivity contribution in [2.24, 2.45) is 5.73 Å². The lowest BCUT2D eigenvalue weighted by Crippen LogP contribution is -2.47. The number of sulfonamides is 1. The Kier molecular flexibility index (Phi) is 6.21. The predicted molar refractivity (Wildman–Crippen MR) is 98.0 cm³/mol. The Morgan fingerprint density at radius 3 is 2.83 bits per heavy atom. The molecule has 5 nitrogen and oxygen atoms in total. The van der Waals surface area contributed by atoms with Gasteiger partial charge in [0, 0.05) is 24.5 Å². The van der Waals surface area contributed by atoms with Gasteiger partial charge in [-0.2, -0.15) is 4.31 Å². The number of nitrogens with two attached hydrogens (primary N) is 1. The van der Waals surface area contributed by atoms with Gasteiger partial charge in [0.25, 0.3) is 10.0 Å². The highest BCUT2D eigenvalue weighted by molar-refractivity contribution is 7.91. The summed E-state index contributed by atoms with van der Waals surface area (Å²) in [6.07, 6.45) is 2.79. The van der Waals surface area contributed by atoms with Crippen LogP contribution in [0.4, 0.5) is 0 Å². The zero-order chi connectivity index (χ0) is 15.7. The maximum absolute atomic E-state index is 12.9. The highest BCUT2D eigenvalue weighted by atomic mass is 35.5. The Morgan fingerprint density at radius 1 is 1.39 bits per heavy atom. The standard InChI is InChI=1S/C14H19N3O2S3.ClH/c1-10-16-12(9-20-10)13-5-6-14(21-13)22(18,19)17-7-3-2-4-11(17)8-15;/h5-6,9,11H,2-4,7-8,15H2,1H3;1H. The van der Waals surface area contributed by atoms with E-state index in [4.69, 9.17) is 5.73 Å². The molecule has 3 heterocycles. The Morgan fingerprint density at radius 2 is 2.17 bits per heavy atom. The maximum atomic E-state index is 12.9. The van der Waals surface area contributed by atoms with Crippen molar-refractivity contribution < 1.29 is 8.42 Å². The molecule has 23 heavy (non-hydrogen) atoms. The van der Waals surface area contributed by atoms with Crippen molar-refractivity contribution >= 4 is 45.1 Å². The number of aromatic nitrogens is 1. The van der Waals surface area contributed by atoms with Crippen LogP contribution >= 0.6 is 35.1 Å². The lowest BCUT2D eigenvalue weighted by molar-refractivity contribution is 0.258. The summed E-state index contributed by atoms with van der Waals surface area (Å²) in [5, 5.41) is 2.94. The van der Waals surface area contributed by atoms with Gasteiger partial charge in [-0.25, -0.2) is 13.4 Å². The molecule has 2 N–H and O–H groups in total. The molecule has 0 aliphatic carbocycles. The third-order valence-electron chi connectivity index (χ3n) is 3.86. The molecule has 1 unspecified atom stereocenters. The maximum Gasteiger partial charge on any atom is 0.252 e. The first-order valence-electron chi connectivity index (χ1n) is 7.26. The van der Waals surface area contributed by atoms with E-state index in [0.29, 0.717) is 17.3 Å². The van der Waals surface area contributed by atoms with Crippen LogP contribution in [0.15, 0.2) is 21.7 Å². The predicted octanol–water partition coefficient (Wildman–Crippen LogP) is 3.10. The topological polar surface area (TPSA) is 76.3 Å². The second-order valence-electron chi connectivity index (χ2n) is 5.37. The molecule has 3 rings (SSSR count).